The summed E-state index contributed by atoms with van der Waals surface area (Å²) in [5.41, 5.74) is -0.677. The van der Waals surface area contributed by atoms with Crippen LogP contribution in [0.4, 0.5) is 0 Å². The molecular formula is C20H37N3O6S. The number of hydrogen-bond donors (Lipinski definition) is 6. The van der Waals surface area contributed by atoms with Gasteiger partial charge in [0.15, 0.2) is 0 Å². The smallest absolute Gasteiger partial charge is 0.240 e. The molecule has 0 radical (unpaired) electrons. The number of carbonyl (C=O) groups is 1. The third kappa shape index (κ3) is 4.96. The van der Waals surface area contributed by atoms with E-state index in [1.54, 1.807) is 6.26 Å². The maximum absolute atomic E-state index is 13.2. The highest BCUT2D eigenvalue weighted by Gasteiger charge is 2.49. The van der Waals surface area contributed by atoms with Crippen molar-refractivity contribution in [3.8, 4) is 0 Å². The fourth-order valence-electron chi connectivity index (χ4n) is 4.81. The van der Waals surface area contributed by atoms with Gasteiger partial charge < -0.3 is 40.7 Å². The zero-order valence-electron chi connectivity index (χ0n) is 18.2. The summed E-state index contributed by atoms with van der Waals surface area (Å²) in [5.74, 6) is 0.00764. The molecule has 0 aromatic carbocycles. The molecule has 4 unspecified atom stereocenters. The second-order valence-electron chi connectivity index (χ2n) is 8.95. The molecule has 3 fully saturated rings. The molecule has 3 aliphatic heterocycles. The third-order valence-electron chi connectivity index (χ3n) is 6.67. The summed E-state index contributed by atoms with van der Waals surface area (Å²) in [5, 5.41) is 40.6. The zero-order valence-corrected chi connectivity index (χ0v) is 19.0. The average Bonchev–Trinajstić information content (AvgIpc) is 3.00. The van der Waals surface area contributed by atoms with Gasteiger partial charge in [-0.3, -0.25) is 4.79 Å². The zero-order chi connectivity index (χ0) is 22.0. The van der Waals surface area contributed by atoms with Gasteiger partial charge in [-0.1, -0.05) is 13.8 Å². The van der Waals surface area contributed by atoms with Crippen LogP contribution in [0.3, 0.4) is 0 Å². The van der Waals surface area contributed by atoms with E-state index >= 15 is 0 Å². The molecular weight excluding hydrogens is 410 g/mol. The second-order valence-corrected chi connectivity index (χ2v) is 9.88. The van der Waals surface area contributed by atoms with E-state index in [1.165, 1.54) is 11.8 Å². The van der Waals surface area contributed by atoms with Gasteiger partial charge in [0.1, 0.15) is 35.9 Å². The molecule has 0 bridgehead atoms. The van der Waals surface area contributed by atoms with Gasteiger partial charge in [-0.05, 0) is 32.1 Å². The normalized spacial score (nSPS) is 43.1. The standard InChI is InChI=1S/C20H37N3O6S/c1-9(2)12(18-15(25)14(24)16(26)20(29-18)30-4)23-19(27)13-17-10(8-22-13)7-11(21-3)5-6-28-17/h9-18,20-22,24-26H,5-8H2,1-4H3,(H,23,27)/t10-,11?,12+,13-,14?,15?,16+,17+,18+,20?/m0/s1. The van der Waals surface area contributed by atoms with Crippen molar-refractivity contribution in [3.05, 3.63) is 0 Å². The highest BCUT2D eigenvalue weighted by atomic mass is 32.2. The number of amides is 1. The summed E-state index contributed by atoms with van der Waals surface area (Å²) in [4.78, 5) is 13.2. The van der Waals surface area contributed by atoms with E-state index in [1.807, 2.05) is 20.9 Å². The summed E-state index contributed by atoms with van der Waals surface area (Å²) >= 11 is 1.26. The molecule has 6 N–H and O–H groups in total. The minimum atomic E-state index is -1.34. The summed E-state index contributed by atoms with van der Waals surface area (Å²) in [6, 6.07) is -0.616. The van der Waals surface area contributed by atoms with Crippen LogP contribution in [-0.2, 0) is 14.3 Å². The predicted octanol–water partition coefficient (Wildman–Crippen LogP) is -1.35. The molecule has 1 amide bonds. The van der Waals surface area contributed by atoms with Crippen molar-refractivity contribution in [2.75, 3.05) is 26.5 Å². The number of aliphatic hydroxyl groups excluding tert-OH is 3. The summed E-state index contributed by atoms with van der Waals surface area (Å²) in [6.07, 6.45) is -1.21. The molecule has 3 heterocycles. The van der Waals surface area contributed by atoms with E-state index in [-0.39, 0.29) is 23.8 Å². The first-order chi connectivity index (χ1) is 14.3. The molecule has 0 aliphatic carbocycles. The Morgan fingerprint density at radius 1 is 1.20 bits per heavy atom. The van der Waals surface area contributed by atoms with Gasteiger partial charge in [0.25, 0.3) is 0 Å². The SMILES string of the molecule is CNC1CCO[C@@H]2[C@H](CN[C@@H]2C(=O)N[C@H](C(C)C)[C@H]2OC(SC)[C@H](O)C(O)C2O)C1. The summed E-state index contributed by atoms with van der Waals surface area (Å²) in [7, 11) is 1.95. The number of rotatable bonds is 6. The molecule has 0 saturated carbocycles. The first-order valence-electron chi connectivity index (χ1n) is 10.8. The van der Waals surface area contributed by atoms with Gasteiger partial charge >= 0.3 is 0 Å². The Morgan fingerprint density at radius 3 is 2.57 bits per heavy atom. The van der Waals surface area contributed by atoms with Crippen molar-refractivity contribution in [2.45, 2.75) is 80.8 Å². The molecule has 9 nitrogen and oxygen atoms in total. The summed E-state index contributed by atoms with van der Waals surface area (Å²) < 4.78 is 11.9. The lowest BCUT2D eigenvalue weighted by atomic mass is 9.88. The maximum Gasteiger partial charge on any atom is 0.240 e. The Kier molecular flexibility index (Phi) is 8.42. The Morgan fingerprint density at radius 2 is 1.93 bits per heavy atom. The molecule has 3 saturated heterocycles. The van der Waals surface area contributed by atoms with Gasteiger partial charge in [0, 0.05) is 25.1 Å². The number of ether oxygens (including phenoxy) is 2. The molecule has 0 spiro atoms. The van der Waals surface area contributed by atoms with E-state index in [4.69, 9.17) is 9.47 Å². The molecule has 0 aromatic heterocycles. The predicted molar refractivity (Wildman–Crippen MR) is 114 cm³/mol. The minimum Gasteiger partial charge on any atom is -0.388 e. The quantitative estimate of drug-likeness (QED) is 0.292. The molecule has 30 heavy (non-hydrogen) atoms. The van der Waals surface area contributed by atoms with Crippen LogP contribution < -0.4 is 16.0 Å². The maximum atomic E-state index is 13.2. The van der Waals surface area contributed by atoms with Crippen LogP contribution in [0.1, 0.15) is 26.7 Å². The molecule has 10 atom stereocenters. The lowest BCUT2D eigenvalue weighted by Crippen LogP contribution is -2.65. The van der Waals surface area contributed by atoms with Crippen molar-refractivity contribution in [1.29, 1.82) is 0 Å². The van der Waals surface area contributed by atoms with Gasteiger partial charge in [0.05, 0.1) is 12.1 Å². The third-order valence-corrected chi connectivity index (χ3v) is 7.52. The number of aliphatic hydroxyl groups is 3. The van der Waals surface area contributed by atoms with Crippen LogP contribution in [0, 0.1) is 11.8 Å². The first kappa shape index (κ1) is 24.2. The number of hydrogen-bond acceptors (Lipinski definition) is 9. The van der Waals surface area contributed by atoms with E-state index < -0.39 is 41.9 Å². The second kappa shape index (κ2) is 10.4. The van der Waals surface area contributed by atoms with E-state index in [0.29, 0.717) is 12.6 Å². The Hall–Kier alpha value is -0.460. The van der Waals surface area contributed by atoms with Crippen molar-refractivity contribution in [2.24, 2.45) is 11.8 Å². The highest BCUT2D eigenvalue weighted by Crippen LogP contribution is 2.31. The van der Waals surface area contributed by atoms with Crippen molar-refractivity contribution in [1.82, 2.24) is 16.0 Å². The fraction of sp³-hybridized carbons (Fsp3) is 0.950. The van der Waals surface area contributed by atoms with Gasteiger partial charge in [0.2, 0.25) is 5.91 Å². The van der Waals surface area contributed by atoms with Crippen molar-refractivity contribution < 1.29 is 29.6 Å². The molecule has 174 valence electrons. The monoisotopic (exact) mass is 447 g/mol. The van der Waals surface area contributed by atoms with Gasteiger partial charge in [-0.15, -0.1) is 11.8 Å². The van der Waals surface area contributed by atoms with Crippen LogP contribution >= 0.6 is 11.8 Å². The van der Waals surface area contributed by atoms with E-state index in [9.17, 15) is 20.1 Å². The van der Waals surface area contributed by atoms with E-state index in [0.717, 1.165) is 19.4 Å². The number of thioether (sulfide) groups is 1. The number of nitrogens with one attached hydrogen (secondary N) is 3. The molecule has 3 rings (SSSR count). The van der Waals surface area contributed by atoms with Crippen molar-refractivity contribution >= 4 is 17.7 Å². The van der Waals surface area contributed by atoms with Crippen LogP contribution in [0.2, 0.25) is 0 Å². The minimum absolute atomic E-state index is 0.0560. The lowest BCUT2D eigenvalue weighted by molar-refractivity contribution is -0.208. The average molecular weight is 448 g/mol. The Labute approximate surface area is 182 Å². The lowest BCUT2D eigenvalue weighted by Gasteiger charge is -2.44. The highest BCUT2D eigenvalue weighted by molar-refractivity contribution is 7.99. The molecule has 0 aromatic rings. The van der Waals surface area contributed by atoms with Crippen LogP contribution in [-0.4, -0.2) is 102 Å². The van der Waals surface area contributed by atoms with Gasteiger partial charge in [-0.25, -0.2) is 0 Å². The topological polar surface area (TPSA) is 132 Å². The molecule has 10 heteroatoms. The number of fused-ring (bicyclic) bond motifs is 1. The van der Waals surface area contributed by atoms with E-state index in [2.05, 4.69) is 16.0 Å². The van der Waals surface area contributed by atoms with Crippen LogP contribution in [0.25, 0.3) is 0 Å². The number of carbonyl (C=O) groups excluding carboxylic acids is 1. The van der Waals surface area contributed by atoms with Crippen LogP contribution in [0.15, 0.2) is 0 Å². The van der Waals surface area contributed by atoms with Gasteiger partial charge in [-0.2, -0.15) is 0 Å². The molecule has 3 aliphatic rings. The Bertz CT molecular complexity index is 583. The fourth-order valence-corrected chi connectivity index (χ4v) is 5.49. The van der Waals surface area contributed by atoms with Crippen molar-refractivity contribution in [3.63, 3.8) is 0 Å². The Balaban J connectivity index is 1.70. The largest absolute Gasteiger partial charge is 0.388 e. The summed E-state index contributed by atoms with van der Waals surface area (Å²) in [6.45, 7) is 5.18. The van der Waals surface area contributed by atoms with Crippen LogP contribution in [0.5, 0.6) is 0 Å². The first-order valence-corrected chi connectivity index (χ1v) is 12.1.